The van der Waals surface area contributed by atoms with Gasteiger partial charge in [0.2, 0.25) is 0 Å². The number of aryl methyl sites for hydroxylation is 2. The lowest BCUT2D eigenvalue weighted by Crippen LogP contribution is -1.93. The molecule has 0 amide bonds. The Labute approximate surface area is 106 Å². The average molecular weight is 243 g/mol. The van der Waals surface area contributed by atoms with Crippen LogP contribution in [0.4, 0.5) is 0 Å². The number of esters is 1. The van der Waals surface area contributed by atoms with Crippen molar-refractivity contribution in [1.82, 2.24) is 4.98 Å². The van der Waals surface area contributed by atoms with Gasteiger partial charge in [0.25, 0.3) is 0 Å². The third kappa shape index (κ3) is 2.30. The molecule has 3 heteroatoms. The molecule has 18 heavy (non-hydrogen) atoms. The molecule has 0 saturated heterocycles. The number of hydrogen-bond donors (Lipinski definition) is 1. The quantitative estimate of drug-likeness (QED) is 0.664. The van der Waals surface area contributed by atoms with Gasteiger partial charge in [0.05, 0.1) is 7.11 Å². The van der Waals surface area contributed by atoms with E-state index in [1.807, 2.05) is 0 Å². The molecule has 0 unspecified atom stereocenters. The van der Waals surface area contributed by atoms with E-state index in [0.29, 0.717) is 0 Å². The minimum absolute atomic E-state index is 0.341. The van der Waals surface area contributed by atoms with Crippen LogP contribution in [0.3, 0.4) is 0 Å². The molecule has 0 fully saturated rings. The van der Waals surface area contributed by atoms with Gasteiger partial charge in [0.1, 0.15) is 0 Å². The van der Waals surface area contributed by atoms with Crippen molar-refractivity contribution >= 4 is 22.9 Å². The fourth-order valence-corrected chi connectivity index (χ4v) is 2.12. The first-order valence-corrected chi connectivity index (χ1v) is 6.03. The predicted molar refractivity (Wildman–Crippen MR) is 73.5 cm³/mol. The third-order valence-corrected chi connectivity index (χ3v) is 3.04. The molecule has 3 nitrogen and oxygen atoms in total. The Morgan fingerprint density at radius 2 is 2.22 bits per heavy atom. The van der Waals surface area contributed by atoms with E-state index in [4.69, 9.17) is 0 Å². The lowest BCUT2D eigenvalue weighted by atomic mass is 10.1. The Balaban J connectivity index is 2.51. The van der Waals surface area contributed by atoms with Gasteiger partial charge in [-0.15, -0.1) is 0 Å². The number of nitrogens with one attached hydrogen (secondary N) is 1. The number of carbonyl (C=O) groups is 1. The summed E-state index contributed by atoms with van der Waals surface area (Å²) >= 11 is 0. The highest BCUT2D eigenvalue weighted by Crippen LogP contribution is 2.25. The number of benzene rings is 1. The summed E-state index contributed by atoms with van der Waals surface area (Å²) in [6, 6.07) is 6.31. The van der Waals surface area contributed by atoms with Crippen LogP contribution in [0.1, 0.15) is 23.7 Å². The van der Waals surface area contributed by atoms with E-state index in [0.717, 1.165) is 17.6 Å². The zero-order valence-corrected chi connectivity index (χ0v) is 10.9. The summed E-state index contributed by atoms with van der Waals surface area (Å²) in [5, 5.41) is 1.22. The van der Waals surface area contributed by atoms with Crippen molar-refractivity contribution < 1.29 is 9.53 Å². The summed E-state index contributed by atoms with van der Waals surface area (Å²) in [5.74, 6) is -0.341. The largest absolute Gasteiger partial charge is 0.466 e. The molecule has 1 N–H and O–H groups in total. The monoisotopic (exact) mass is 243 g/mol. The van der Waals surface area contributed by atoms with Crippen LogP contribution >= 0.6 is 0 Å². The van der Waals surface area contributed by atoms with Crippen molar-refractivity contribution in [1.29, 1.82) is 0 Å². The maximum atomic E-state index is 11.1. The SMILES string of the molecule is CCc1c(/C=C/C(=O)OC)[nH]c2ccc(C)cc12. The highest BCUT2D eigenvalue weighted by Gasteiger charge is 2.08. The Morgan fingerprint density at radius 3 is 2.89 bits per heavy atom. The molecule has 0 radical (unpaired) electrons. The van der Waals surface area contributed by atoms with Crippen LogP contribution < -0.4 is 0 Å². The summed E-state index contributed by atoms with van der Waals surface area (Å²) < 4.78 is 4.60. The Kier molecular flexibility index (Phi) is 3.51. The number of aromatic nitrogens is 1. The molecule has 0 bridgehead atoms. The Morgan fingerprint density at radius 1 is 1.44 bits per heavy atom. The van der Waals surface area contributed by atoms with E-state index >= 15 is 0 Å². The average Bonchev–Trinajstić information content (AvgIpc) is 2.72. The van der Waals surface area contributed by atoms with Crippen molar-refractivity contribution in [3.63, 3.8) is 0 Å². The molecule has 2 rings (SSSR count). The Bertz CT molecular complexity index is 608. The number of carbonyl (C=O) groups excluding carboxylic acids is 1. The van der Waals surface area contributed by atoms with E-state index in [1.54, 1.807) is 6.08 Å². The minimum atomic E-state index is -0.341. The number of hydrogen-bond acceptors (Lipinski definition) is 2. The molecule has 0 spiro atoms. The van der Waals surface area contributed by atoms with Crippen molar-refractivity contribution in [2.45, 2.75) is 20.3 Å². The first-order valence-electron chi connectivity index (χ1n) is 6.03. The highest BCUT2D eigenvalue weighted by atomic mass is 16.5. The Hall–Kier alpha value is -2.03. The lowest BCUT2D eigenvalue weighted by molar-refractivity contribution is -0.134. The zero-order chi connectivity index (χ0) is 13.1. The van der Waals surface area contributed by atoms with E-state index < -0.39 is 0 Å². The smallest absolute Gasteiger partial charge is 0.330 e. The van der Waals surface area contributed by atoms with E-state index in [1.165, 1.54) is 29.7 Å². The molecule has 0 aliphatic rings. The van der Waals surface area contributed by atoms with Gasteiger partial charge < -0.3 is 9.72 Å². The summed E-state index contributed by atoms with van der Waals surface area (Å²) in [6.45, 7) is 4.19. The van der Waals surface area contributed by atoms with Gasteiger partial charge in [-0.3, -0.25) is 0 Å². The lowest BCUT2D eigenvalue weighted by Gasteiger charge is -1.97. The van der Waals surface area contributed by atoms with Crippen LogP contribution in [-0.2, 0) is 16.0 Å². The number of aromatic amines is 1. The molecule has 1 heterocycles. The normalized spacial score (nSPS) is 11.3. The van der Waals surface area contributed by atoms with Gasteiger partial charge in [0.15, 0.2) is 0 Å². The highest BCUT2D eigenvalue weighted by molar-refractivity contribution is 5.91. The molecule has 2 aromatic rings. The van der Waals surface area contributed by atoms with Crippen molar-refractivity contribution in [3.05, 3.63) is 41.1 Å². The summed E-state index contributed by atoms with van der Waals surface area (Å²) in [5.41, 5.74) is 4.54. The van der Waals surface area contributed by atoms with Gasteiger partial charge in [-0.2, -0.15) is 0 Å². The van der Waals surface area contributed by atoms with Crippen molar-refractivity contribution in [2.24, 2.45) is 0 Å². The van der Waals surface area contributed by atoms with E-state index in [2.05, 4.69) is 41.8 Å². The van der Waals surface area contributed by atoms with Crippen LogP contribution in [-0.4, -0.2) is 18.1 Å². The third-order valence-electron chi connectivity index (χ3n) is 3.04. The topological polar surface area (TPSA) is 42.1 Å². The molecule has 1 aromatic heterocycles. The van der Waals surface area contributed by atoms with Gasteiger partial charge in [-0.05, 0) is 37.1 Å². The standard InChI is InChI=1S/C15H17NO2/c1-4-11-12-9-10(2)5-6-14(12)16-13(11)7-8-15(17)18-3/h5-9,16H,4H2,1-3H3/b8-7+. The van der Waals surface area contributed by atoms with Gasteiger partial charge in [-0.1, -0.05) is 18.6 Å². The van der Waals surface area contributed by atoms with Crippen molar-refractivity contribution in [3.8, 4) is 0 Å². The maximum absolute atomic E-state index is 11.1. The fourth-order valence-electron chi connectivity index (χ4n) is 2.12. The molecule has 94 valence electrons. The summed E-state index contributed by atoms with van der Waals surface area (Å²) in [6.07, 6.45) is 4.14. The van der Waals surface area contributed by atoms with Crippen LogP contribution in [0.15, 0.2) is 24.3 Å². The number of methoxy groups -OCH3 is 1. The van der Waals surface area contributed by atoms with E-state index in [9.17, 15) is 4.79 Å². The molecular formula is C15H17NO2. The summed E-state index contributed by atoms with van der Waals surface area (Å²) in [4.78, 5) is 14.5. The van der Waals surface area contributed by atoms with E-state index in [-0.39, 0.29) is 5.97 Å². The number of fused-ring (bicyclic) bond motifs is 1. The molecule has 0 aliphatic carbocycles. The predicted octanol–water partition coefficient (Wildman–Crippen LogP) is 3.22. The number of H-pyrrole nitrogens is 1. The molecule has 0 aliphatic heterocycles. The number of ether oxygens (including phenoxy) is 1. The first-order chi connectivity index (χ1) is 8.65. The van der Waals surface area contributed by atoms with Gasteiger partial charge >= 0.3 is 5.97 Å². The zero-order valence-electron chi connectivity index (χ0n) is 10.9. The van der Waals surface area contributed by atoms with Crippen molar-refractivity contribution in [2.75, 3.05) is 7.11 Å². The second-order valence-electron chi connectivity index (χ2n) is 4.28. The second-order valence-corrected chi connectivity index (χ2v) is 4.28. The molecule has 0 saturated carbocycles. The fraction of sp³-hybridized carbons (Fsp3) is 0.267. The van der Waals surface area contributed by atoms with Crippen LogP contribution in [0, 0.1) is 6.92 Å². The molecular weight excluding hydrogens is 226 g/mol. The van der Waals surface area contributed by atoms with Gasteiger partial charge in [0, 0.05) is 22.7 Å². The second kappa shape index (κ2) is 5.08. The molecule has 1 aromatic carbocycles. The first kappa shape index (κ1) is 12.4. The van der Waals surface area contributed by atoms with Crippen LogP contribution in [0.5, 0.6) is 0 Å². The van der Waals surface area contributed by atoms with Gasteiger partial charge in [-0.25, -0.2) is 4.79 Å². The minimum Gasteiger partial charge on any atom is -0.466 e. The number of rotatable bonds is 3. The summed E-state index contributed by atoms with van der Waals surface area (Å²) in [7, 11) is 1.38. The van der Waals surface area contributed by atoms with Crippen LogP contribution in [0.2, 0.25) is 0 Å². The maximum Gasteiger partial charge on any atom is 0.330 e. The molecule has 0 atom stereocenters. The van der Waals surface area contributed by atoms with Crippen LogP contribution in [0.25, 0.3) is 17.0 Å².